The van der Waals surface area contributed by atoms with Crippen molar-refractivity contribution >= 4 is 29.3 Å². The van der Waals surface area contributed by atoms with Gasteiger partial charge >= 0.3 is 0 Å². The molecule has 0 unspecified atom stereocenters. The summed E-state index contributed by atoms with van der Waals surface area (Å²) in [5.41, 5.74) is 3.16. The molecule has 0 aromatic carbocycles. The predicted molar refractivity (Wildman–Crippen MR) is 77.7 cm³/mol. The molecule has 0 saturated heterocycles. The lowest BCUT2D eigenvalue weighted by Gasteiger charge is -2.19. The van der Waals surface area contributed by atoms with E-state index in [0.29, 0.717) is 17.1 Å². The molecule has 19 heavy (non-hydrogen) atoms. The molecular weight excluding hydrogens is 282 g/mol. The Labute approximate surface area is 121 Å². The van der Waals surface area contributed by atoms with Gasteiger partial charge in [-0.1, -0.05) is 11.6 Å². The lowest BCUT2D eigenvalue weighted by molar-refractivity contribution is 0.109. The Balaban J connectivity index is 2.28. The monoisotopic (exact) mass is 293 g/mol. The molecule has 3 heterocycles. The van der Waals surface area contributed by atoms with Gasteiger partial charge in [0.25, 0.3) is 0 Å². The van der Waals surface area contributed by atoms with Gasteiger partial charge in [0.1, 0.15) is 0 Å². The second-order valence-electron chi connectivity index (χ2n) is 4.36. The third-order valence-corrected chi connectivity index (χ3v) is 3.86. The molecule has 0 spiro atoms. The minimum absolute atomic E-state index is 0.299. The van der Waals surface area contributed by atoms with Crippen molar-refractivity contribution in [1.29, 1.82) is 0 Å². The molecule has 0 amide bonds. The van der Waals surface area contributed by atoms with E-state index in [0.717, 1.165) is 30.0 Å². The van der Waals surface area contributed by atoms with Crippen LogP contribution in [-0.4, -0.2) is 21.2 Å². The van der Waals surface area contributed by atoms with Crippen LogP contribution in [0.3, 0.4) is 0 Å². The van der Waals surface area contributed by atoms with Crippen LogP contribution in [0.5, 0.6) is 0 Å². The van der Waals surface area contributed by atoms with Gasteiger partial charge in [0.05, 0.1) is 16.3 Å². The van der Waals surface area contributed by atoms with Gasteiger partial charge < -0.3 is 9.88 Å². The summed E-state index contributed by atoms with van der Waals surface area (Å²) in [7, 11) is 0. The fourth-order valence-electron chi connectivity index (χ4n) is 2.46. The first-order valence-electron chi connectivity index (χ1n) is 5.95. The Morgan fingerprint density at radius 3 is 3.05 bits per heavy atom. The molecule has 4 nitrogen and oxygen atoms in total. The molecule has 0 radical (unpaired) electrons. The van der Waals surface area contributed by atoms with Crippen LogP contribution in [0, 0.1) is 0 Å². The molecule has 98 valence electrons. The summed E-state index contributed by atoms with van der Waals surface area (Å²) >= 11 is 10.3. The molecule has 1 N–H and O–H groups in total. The normalized spacial score (nSPS) is 14.2. The summed E-state index contributed by atoms with van der Waals surface area (Å²) in [4.78, 5) is 15.8. The van der Waals surface area contributed by atoms with Gasteiger partial charge in [-0.05, 0) is 12.1 Å². The van der Waals surface area contributed by atoms with E-state index in [1.165, 1.54) is 0 Å². The highest BCUT2D eigenvalue weighted by Crippen LogP contribution is 2.37. The molecule has 2 aromatic heterocycles. The average Bonchev–Trinajstić information content (AvgIpc) is 2.71. The third kappa shape index (κ3) is 2.08. The number of carbonyl (C=O) groups is 1. The van der Waals surface area contributed by atoms with Gasteiger partial charge in [-0.15, -0.1) is 12.6 Å². The minimum Gasteiger partial charge on any atom is -0.340 e. The lowest BCUT2D eigenvalue weighted by Crippen LogP contribution is -2.29. The van der Waals surface area contributed by atoms with Crippen LogP contribution in [0.2, 0.25) is 5.02 Å². The maximum absolute atomic E-state index is 11.7. The van der Waals surface area contributed by atoms with E-state index in [1.54, 1.807) is 12.4 Å². The molecule has 0 bridgehead atoms. The fraction of sp³-hybridized carbons (Fsp3) is 0.231. The zero-order valence-electron chi connectivity index (χ0n) is 10.1. The SMILES string of the molecule is O=C(S)c1c(Cl)c(-c2cccnc2)n2c1CNCC2. The van der Waals surface area contributed by atoms with Crippen molar-refractivity contribution in [2.45, 2.75) is 13.1 Å². The first-order valence-corrected chi connectivity index (χ1v) is 6.78. The number of hydrogen-bond acceptors (Lipinski definition) is 3. The summed E-state index contributed by atoms with van der Waals surface area (Å²) in [6.07, 6.45) is 3.47. The number of halogens is 1. The van der Waals surface area contributed by atoms with Gasteiger partial charge in [-0.25, -0.2) is 0 Å². The van der Waals surface area contributed by atoms with Crippen molar-refractivity contribution in [1.82, 2.24) is 14.9 Å². The first-order chi connectivity index (χ1) is 9.20. The van der Waals surface area contributed by atoms with Crippen molar-refractivity contribution < 1.29 is 4.79 Å². The largest absolute Gasteiger partial charge is 0.340 e. The maximum Gasteiger partial charge on any atom is 0.219 e. The van der Waals surface area contributed by atoms with Crippen molar-refractivity contribution in [3.8, 4) is 11.3 Å². The lowest BCUT2D eigenvalue weighted by atomic mass is 10.2. The van der Waals surface area contributed by atoms with Crippen molar-refractivity contribution in [3.05, 3.63) is 40.8 Å². The van der Waals surface area contributed by atoms with Crippen LogP contribution < -0.4 is 5.32 Å². The number of pyridine rings is 1. The van der Waals surface area contributed by atoms with E-state index in [-0.39, 0.29) is 5.12 Å². The zero-order chi connectivity index (χ0) is 13.4. The molecule has 0 atom stereocenters. The van der Waals surface area contributed by atoms with E-state index in [4.69, 9.17) is 11.6 Å². The molecule has 2 aromatic rings. The Kier molecular flexibility index (Phi) is 3.35. The first kappa shape index (κ1) is 12.7. The van der Waals surface area contributed by atoms with Gasteiger partial charge in [0.15, 0.2) is 0 Å². The Morgan fingerprint density at radius 1 is 1.53 bits per heavy atom. The number of hydrogen-bond donors (Lipinski definition) is 2. The van der Waals surface area contributed by atoms with E-state index >= 15 is 0 Å². The van der Waals surface area contributed by atoms with E-state index < -0.39 is 0 Å². The molecule has 6 heteroatoms. The summed E-state index contributed by atoms with van der Waals surface area (Å²) < 4.78 is 2.08. The molecule has 1 aliphatic heterocycles. The van der Waals surface area contributed by atoms with Crippen LogP contribution in [0.1, 0.15) is 16.1 Å². The predicted octanol–water partition coefficient (Wildman–Crippen LogP) is 2.38. The van der Waals surface area contributed by atoms with E-state index in [2.05, 4.69) is 27.5 Å². The molecule has 3 rings (SSSR count). The summed E-state index contributed by atoms with van der Waals surface area (Å²) in [5, 5.41) is 3.41. The highest BCUT2D eigenvalue weighted by molar-refractivity contribution is 7.97. The molecule has 0 aliphatic carbocycles. The van der Waals surface area contributed by atoms with Gasteiger partial charge in [0.2, 0.25) is 5.12 Å². The highest BCUT2D eigenvalue weighted by Gasteiger charge is 2.26. The molecule has 0 fully saturated rings. The number of carbonyl (C=O) groups excluding carboxylic acids is 1. The minimum atomic E-state index is -0.299. The smallest absolute Gasteiger partial charge is 0.219 e. The number of thiol groups is 1. The highest BCUT2D eigenvalue weighted by atomic mass is 35.5. The van der Waals surface area contributed by atoms with E-state index in [1.807, 2.05) is 12.1 Å². The van der Waals surface area contributed by atoms with E-state index in [9.17, 15) is 4.79 Å². The zero-order valence-corrected chi connectivity index (χ0v) is 11.7. The summed E-state index contributed by atoms with van der Waals surface area (Å²) in [6.45, 7) is 2.26. The topological polar surface area (TPSA) is 46.9 Å². The Bertz CT molecular complexity index is 639. The third-order valence-electron chi connectivity index (χ3n) is 3.27. The second-order valence-corrected chi connectivity index (χ2v) is 5.14. The fourth-order valence-corrected chi connectivity index (χ4v) is 3.18. The summed E-state index contributed by atoms with van der Waals surface area (Å²) in [5.74, 6) is 0. The number of aromatic nitrogens is 2. The van der Waals surface area contributed by atoms with Gasteiger partial charge in [-0.3, -0.25) is 9.78 Å². The van der Waals surface area contributed by atoms with Crippen LogP contribution in [0.4, 0.5) is 0 Å². The molecule has 1 aliphatic rings. The Morgan fingerprint density at radius 2 is 2.37 bits per heavy atom. The van der Waals surface area contributed by atoms with Gasteiger partial charge in [0, 0.05) is 43.3 Å². The quantitative estimate of drug-likeness (QED) is 0.836. The van der Waals surface area contributed by atoms with Crippen molar-refractivity contribution in [2.24, 2.45) is 0 Å². The van der Waals surface area contributed by atoms with Crippen LogP contribution >= 0.6 is 24.2 Å². The number of nitrogens with one attached hydrogen (secondary N) is 1. The second kappa shape index (κ2) is 5.00. The number of rotatable bonds is 2. The van der Waals surface area contributed by atoms with Crippen LogP contribution in [0.25, 0.3) is 11.3 Å². The molecular formula is C13H12ClN3OS. The number of nitrogens with zero attached hydrogens (tertiary/aromatic N) is 2. The molecule has 0 saturated carbocycles. The van der Waals surface area contributed by atoms with Gasteiger partial charge in [-0.2, -0.15) is 0 Å². The average molecular weight is 294 g/mol. The standard InChI is InChI=1S/C13H12ClN3OS/c14-11-10(13(18)19)9-7-16-4-5-17(9)12(11)8-2-1-3-15-6-8/h1-3,6,16H,4-5,7H2,(H,18,19). The Hall–Kier alpha value is -1.30. The van der Waals surface area contributed by atoms with Crippen LogP contribution in [0.15, 0.2) is 24.5 Å². The van der Waals surface area contributed by atoms with Crippen molar-refractivity contribution in [3.63, 3.8) is 0 Å². The van der Waals surface area contributed by atoms with Crippen molar-refractivity contribution in [2.75, 3.05) is 6.54 Å². The number of fused-ring (bicyclic) bond motifs is 1. The maximum atomic E-state index is 11.7. The van der Waals surface area contributed by atoms with Crippen LogP contribution in [-0.2, 0) is 13.1 Å². The summed E-state index contributed by atoms with van der Waals surface area (Å²) in [6, 6.07) is 3.80.